The van der Waals surface area contributed by atoms with Gasteiger partial charge in [-0.2, -0.15) is 0 Å². The lowest BCUT2D eigenvalue weighted by atomic mass is 9.81. The molecule has 6 nitrogen and oxygen atoms in total. The molecular formula is C20H29N3O3S. The summed E-state index contributed by atoms with van der Waals surface area (Å²) in [5.41, 5.74) is -0.986. The number of nitrogens with one attached hydrogen (secondary N) is 1. The summed E-state index contributed by atoms with van der Waals surface area (Å²) >= 11 is 1.47. The number of aromatic nitrogens is 1. The summed E-state index contributed by atoms with van der Waals surface area (Å²) in [4.78, 5) is 31.3. The Bertz CT molecular complexity index is 766. The Morgan fingerprint density at radius 3 is 2.52 bits per heavy atom. The van der Waals surface area contributed by atoms with Gasteiger partial charge in [0.05, 0.1) is 24.6 Å². The van der Waals surface area contributed by atoms with Gasteiger partial charge in [-0.15, -0.1) is 11.3 Å². The fourth-order valence-corrected chi connectivity index (χ4v) is 5.47. The van der Waals surface area contributed by atoms with Gasteiger partial charge in [-0.05, 0) is 31.1 Å². The van der Waals surface area contributed by atoms with Crippen molar-refractivity contribution in [1.29, 1.82) is 0 Å². The van der Waals surface area contributed by atoms with E-state index in [-0.39, 0.29) is 29.2 Å². The molecule has 2 aliphatic carbocycles. The van der Waals surface area contributed by atoms with Crippen LogP contribution in [0.4, 0.5) is 0 Å². The molecule has 2 atom stereocenters. The van der Waals surface area contributed by atoms with E-state index < -0.39 is 5.60 Å². The second-order valence-corrected chi connectivity index (χ2v) is 10.9. The molecule has 2 saturated carbocycles. The number of carbonyl (C=O) groups excluding carboxylic acids is 2. The molecule has 0 bridgehead atoms. The Morgan fingerprint density at radius 1 is 1.33 bits per heavy atom. The molecule has 148 valence electrons. The highest BCUT2D eigenvalue weighted by Gasteiger charge is 2.57. The molecule has 1 aromatic heterocycles. The van der Waals surface area contributed by atoms with E-state index in [2.05, 4.69) is 38.0 Å². The average Bonchev–Trinajstić information content (AvgIpc) is 3.00. The molecule has 3 fully saturated rings. The van der Waals surface area contributed by atoms with Gasteiger partial charge >= 0.3 is 0 Å². The Balaban J connectivity index is 1.28. The molecule has 0 aromatic carbocycles. The highest BCUT2D eigenvalue weighted by molar-refractivity contribution is 7.10. The lowest BCUT2D eigenvalue weighted by Crippen LogP contribution is -2.69. The molecular weight excluding hydrogens is 362 g/mol. The van der Waals surface area contributed by atoms with E-state index in [1.807, 2.05) is 0 Å². The van der Waals surface area contributed by atoms with Crippen molar-refractivity contribution in [2.75, 3.05) is 19.6 Å². The van der Waals surface area contributed by atoms with Gasteiger partial charge in [0.25, 0.3) is 5.91 Å². The molecule has 4 rings (SSSR count). The predicted molar refractivity (Wildman–Crippen MR) is 104 cm³/mol. The van der Waals surface area contributed by atoms with Crippen molar-refractivity contribution in [2.45, 2.75) is 58.0 Å². The van der Waals surface area contributed by atoms with E-state index >= 15 is 0 Å². The second kappa shape index (κ2) is 6.01. The van der Waals surface area contributed by atoms with Crippen LogP contribution in [0.1, 0.15) is 62.5 Å². The first-order valence-corrected chi connectivity index (χ1v) is 10.6. The van der Waals surface area contributed by atoms with Gasteiger partial charge < -0.3 is 15.3 Å². The molecule has 1 saturated heterocycles. The summed E-state index contributed by atoms with van der Waals surface area (Å²) in [6, 6.07) is 0. The topological polar surface area (TPSA) is 82.5 Å². The number of thiazole rings is 1. The number of β-amino-alcohol motifs (C(OH)–C–C–N with tert-alkyl or cyclic N) is 1. The van der Waals surface area contributed by atoms with E-state index in [4.69, 9.17) is 0 Å². The standard InChI is InChI=1S/C20H29N3O3S/c1-18(2,3)16-22-14(8-27-16)15(24)21-9-20(26)10-23(11-20)17(25)19(4)6-12-5-13(12)7-19/h8,12-13,26H,5-7,9-11H2,1-4H3,(H,21,24). The predicted octanol–water partition coefficient (Wildman–Crippen LogP) is 2.18. The molecule has 0 radical (unpaired) electrons. The zero-order valence-electron chi connectivity index (χ0n) is 16.5. The van der Waals surface area contributed by atoms with Crippen molar-refractivity contribution in [3.05, 3.63) is 16.1 Å². The fraction of sp³-hybridized carbons (Fsp3) is 0.750. The molecule has 27 heavy (non-hydrogen) atoms. The van der Waals surface area contributed by atoms with Crippen molar-refractivity contribution in [2.24, 2.45) is 17.3 Å². The molecule has 2 unspecified atom stereocenters. The van der Waals surface area contributed by atoms with Crippen LogP contribution in [0.2, 0.25) is 0 Å². The van der Waals surface area contributed by atoms with Crippen LogP contribution in [0.3, 0.4) is 0 Å². The van der Waals surface area contributed by atoms with Gasteiger partial charge in [0.15, 0.2) is 0 Å². The highest BCUT2D eigenvalue weighted by Crippen LogP contribution is 2.60. The van der Waals surface area contributed by atoms with Crippen LogP contribution in [-0.4, -0.2) is 52.0 Å². The monoisotopic (exact) mass is 391 g/mol. The number of aliphatic hydroxyl groups is 1. The number of carbonyl (C=O) groups is 2. The first-order valence-electron chi connectivity index (χ1n) is 9.75. The minimum absolute atomic E-state index is 0.0901. The number of nitrogens with zero attached hydrogens (tertiary/aromatic N) is 2. The van der Waals surface area contributed by atoms with Gasteiger partial charge in [0.1, 0.15) is 11.3 Å². The van der Waals surface area contributed by atoms with Gasteiger partial charge in [0.2, 0.25) is 5.91 Å². The maximum Gasteiger partial charge on any atom is 0.270 e. The molecule has 1 aromatic rings. The minimum atomic E-state index is -1.04. The number of likely N-dealkylation sites (tertiary alicyclic amines) is 1. The smallest absolute Gasteiger partial charge is 0.270 e. The van der Waals surface area contributed by atoms with Gasteiger partial charge in [-0.3, -0.25) is 9.59 Å². The molecule has 7 heteroatoms. The summed E-state index contributed by atoms with van der Waals surface area (Å²) in [5, 5.41) is 16.1. The van der Waals surface area contributed by atoms with E-state index in [0.717, 1.165) is 29.7 Å². The second-order valence-electron chi connectivity index (χ2n) is 10.1. The SMILES string of the molecule is CC1(C(=O)N2CC(O)(CNC(=O)c3csc(C(C)(C)C)n3)C2)CC2CC2C1. The first kappa shape index (κ1) is 18.9. The summed E-state index contributed by atoms with van der Waals surface area (Å²) in [6.45, 7) is 8.97. The highest BCUT2D eigenvalue weighted by atomic mass is 32.1. The van der Waals surface area contributed by atoms with Gasteiger partial charge in [0, 0.05) is 16.2 Å². The van der Waals surface area contributed by atoms with Crippen LogP contribution in [0.25, 0.3) is 0 Å². The number of fused-ring (bicyclic) bond motifs is 1. The maximum absolute atomic E-state index is 12.8. The van der Waals surface area contributed by atoms with E-state index in [9.17, 15) is 14.7 Å². The molecule has 2 N–H and O–H groups in total. The Kier molecular flexibility index (Phi) is 4.20. The maximum atomic E-state index is 12.8. The number of amides is 2. The van der Waals surface area contributed by atoms with Crippen LogP contribution in [0.5, 0.6) is 0 Å². The third-order valence-electron chi connectivity index (χ3n) is 6.22. The summed E-state index contributed by atoms with van der Waals surface area (Å²) < 4.78 is 0. The summed E-state index contributed by atoms with van der Waals surface area (Å²) in [7, 11) is 0. The van der Waals surface area contributed by atoms with Crippen molar-refractivity contribution >= 4 is 23.2 Å². The third-order valence-corrected chi connectivity index (χ3v) is 7.49. The quantitative estimate of drug-likeness (QED) is 0.824. The third kappa shape index (κ3) is 3.51. The number of hydrogen-bond donors (Lipinski definition) is 2. The summed E-state index contributed by atoms with van der Waals surface area (Å²) in [6.07, 6.45) is 3.26. The van der Waals surface area contributed by atoms with Crippen molar-refractivity contribution in [3.63, 3.8) is 0 Å². The van der Waals surface area contributed by atoms with Crippen molar-refractivity contribution < 1.29 is 14.7 Å². The minimum Gasteiger partial charge on any atom is -0.384 e. The zero-order valence-corrected chi connectivity index (χ0v) is 17.4. The van der Waals surface area contributed by atoms with Crippen LogP contribution >= 0.6 is 11.3 Å². The zero-order chi connectivity index (χ0) is 19.6. The molecule has 2 amide bonds. The van der Waals surface area contributed by atoms with Crippen molar-refractivity contribution in [3.8, 4) is 0 Å². The molecule has 0 spiro atoms. The lowest BCUT2D eigenvalue weighted by molar-refractivity contribution is -0.164. The van der Waals surface area contributed by atoms with E-state index in [0.29, 0.717) is 18.8 Å². The normalized spacial score (nSPS) is 31.2. The fourth-order valence-electron chi connectivity index (χ4n) is 4.58. The van der Waals surface area contributed by atoms with Crippen LogP contribution in [0, 0.1) is 17.3 Å². The number of rotatable bonds is 4. The van der Waals surface area contributed by atoms with Gasteiger partial charge in [-0.1, -0.05) is 27.7 Å². The molecule has 1 aliphatic heterocycles. The number of hydrogen-bond acceptors (Lipinski definition) is 5. The van der Waals surface area contributed by atoms with E-state index in [1.54, 1.807) is 10.3 Å². The Hall–Kier alpha value is -1.47. The summed E-state index contributed by atoms with van der Waals surface area (Å²) in [5.74, 6) is 1.38. The van der Waals surface area contributed by atoms with Crippen LogP contribution < -0.4 is 5.32 Å². The van der Waals surface area contributed by atoms with Crippen LogP contribution in [-0.2, 0) is 10.2 Å². The molecule has 2 heterocycles. The van der Waals surface area contributed by atoms with E-state index in [1.165, 1.54) is 17.8 Å². The largest absolute Gasteiger partial charge is 0.384 e. The lowest BCUT2D eigenvalue weighted by Gasteiger charge is -2.49. The van der Waals surface area contributed by atoms with Gasteiger partial charge in [-0.25, -0.2) is 4.98 Å². The Labute approximate surface area is 164 Å². The first-order chi connectivity index (χ1) is 12.5. The Morgan fingerprint density at radius 2 is 1.96 bits per heavy atom. The molecule has 3 aliphatic rings. The van der Waals surface area contributed by atoms with Crippen molar-refractivity contribution in [1.82, 2.24) is 15.2 Å². The van der Waals surface area contributed by atoms with Crippen LogP contribution in [0.15, 0.2) is 5.38 Å². The average molecular weight is 392 g/mol.